The molecule has 1 aliphatic heterocycles. The van der Waals surface area contributed by atoms with Gasteiger partial charge in [-0.3, -0.25) is 0 Å². The first-order valence-corrected chi connectivity index (χ1v) is 6.83. The van der Waals surface area contributed by atoms with Crippen LogP contribution in [0, 0.1) is 5.92 Å². The van der Waals surface area contributed by atoms with Gasteiger partial charge in [0, 0.05) is 11.6 Å². The van der Waals surface area contributed by atoms with E-state index in [4.69, 9.17) is 4.74 Å². The van der Waals surface area contributed by atoms with Crippen molar-refractivity contribution >= 4 is 17.3 Å². The molecule has 3 rings (SSSR count). The molecule has 3 nitrogen and oxygen atoms in total. The number of cyclic esters (lactones) is 1. The Hall–Kier alpha value is -2.29. The van der Waals surface area contributed by atoms with Crippen LogP contribution < -0.4 is 4.90 Å². The van der Waals surface area contributed by atoms with Crippen molar-refractivity contribution < 1.29 is 9.53 Å². The van der Waals surface area contributed by atoms with E-state index < -0.39 is 0 Å². The van der Waals surface area contributed by atoms with Gasteiger partial charge in [-0.2, -0.15) is 0 Å². The Bertz CT molecular complexity index is 622. The summed E-state index contributed by atoms with van der Waals surface area (Å²) >= 11 is 0. The highest BCUT2D eigenvalue weighted by Crippen LogP contribution is 2.37. The van der Waals surface area contributed by atoms with E-state index in [0.717, 1.165) is 11.4 Å². The molecule has 1 atom stereocenters. The lowest BCUT2D eigenvalue weighted by molar-refractivity contribution is 0.0166. The highest BCUT2D eigenvalue weighted by molar-refractivity contribution is 5.99. The molecule has 0 spiro atoms. The molecular formula is C17H17NO2. The quantitative estimate of drug-likeness (QED) is 0.771. The van der Waals surface area contributed by atoms with E-state index in [2.05, 4.69) is 18.7 Å². The minimum atomic E-state index is -0.278. The predicted octanol–water partition coefficient (Wildman–Crippen LogP) is 3.98. The number of para-hydroxylation sites is 2. The molecular weight excluding hydrogens is 250 g/mol. The molecule has 0 N–H and O–H groups in total. The van der Waals surface area contributed by atoms with Gasteiger partial charge in [0.2, 0.25) is 0 Å². The lowest BCUT2D eigenvalue weighted by Crippen LogP contribution is -2.43. The van der Waals surface area contributed by atoms with Crippen LogP contribution in [0.3, 0.4) is 0 Å². The molecule has 0 saturated carbocycles. The van der Waals surface area contributed by atoms with Gasteiger partial charge in [0.25, 0.3) is 0 Å². The van der Waals surface area contributed by atoms with E-state index in [-0.39, 0.29) is 18.1 Å². The number of ether oxygens (including phenoxy) is 1. The number of hydrogen-bond acceptors (Lipinski definition) is 3. The van der Waals surface area contributed by atoms with Gasteiger partial charge < -0.3 is 9.64 Å². The van der Waals surface area contributed by atoms with Crippen molar-refractivity contribution in [2.45, 2.75) is 20.1 Å². The van der Waals surface area contributed by atoms with Crippen LogP contribution in [0.2, 0.25) is 0 Å². The number of esters is 1. The van der Waals surface area contributed by atoms with E-state index in [9.17, 15) is 4.79 Å². The van der Waals surface area contributed by atoms with Gasteiger partial charge in [0.15, 0.2) is 6.23 Å². The minimum Gasteiger partial charge on any atom is -0.437 e. The molecule has 20 heavy (non-hydrogen) atoms. The normalized spacial score (nSPS) is 17.9. The fourth-order valence-corrected chi connectivity index (χ4v) is 2.53. The number of carbonyl (C=O) groups excluding carboxylic acids is 1. The Morgan fingerprint density at radius 1 is 1.00 bits per heavy atom. The first-order chi connectivity index (χ1) is 9.68. The molecule has 3 heteroatoms. The summed E-state index contributed by atoms with van der Waals surface area (Å²) in [6, 6.07) is 17.6. The second-order valence-corrected chi connectivity index (χ2v) is 5.26. The monoisotopic (exact) mass is 267 g/mol. The van der Waals surface area contributed by atoms with Crippen LogP contribution >= 0.6 is 0 Å². The summed E-state index contributed by atoms with van der Waals surface area (Å²) in [5.41, 5.74) is 2.56. The first kappa shape index (κ1) is 12.7. The van der Waals surface area contributed by atoms with E-state index in [1.54, 1.807) is 0 Å². The Morgan fingerprint density at radius 3 is 2.35 bits per heavy atom. The third kappa shape index (κ3) is 2.05. The third-order valence-electron chi connectivity index (χ3n) is 3.47. The van der Waals surface area contributed by atoms with Gasteiger partial charge in [-0.25, -0.2) is 4.79 Å². The van der Waals surface area contributed by atoms with Crippen molar-refractivity contribution in [2.24, 2.45) is 5.92 Å². The van der Waals surface area contributed by atoms with Crippen molar-refractivity contribution in [2.75, 3.05) is 4.90 Å². The fraction of sp³-hybridized carbons (Fsp3) is 0.235. The number of anilines is 2. The summed E-state index contributed by atoms with van der Waals surface area (Å²) in [6.45, 7) is 4.11. The van der Waals surface area contributed by atoms with Crippen LogP contribution in [-0.2, 0) is 4.74 Å². The molecule has 1 heterocycles. The van der Waals surface area contributed by atoms with Crippen LogP contribution in [0.5, 0.6) is 0 Å². The zero-order valence-corrected chi connectivity index (χ0v) is 11.6. The third-order valence-corrected chi connectivity index (χ3v) is 3.47. The second kappa shape index (κ2) is 5.00. The fourth-order valence-electron chi connectivity index (χ4n) is 2.53. The van der Waals surface area contributed by atoms with Crippen molar-refractivity contribution in [3.8, 4) is 0 Å². The van der Waals surface area contributed by atoms with Crippen molar-refractivity contribution in [1.82, 2.24) is 0 Å². The van der Waals surface area contributed by atoms with Crippen LogP contribution in [0.4, 0.5) is 11.4 Å². The molecule has 2 aromatic carbocycles. The molecule has 0 amide bonds. The summed E-state index contributed by atoms with van der Waals surface area (Å²) in [7, 11) is 0. The van der Waals surface area contributed by atoms with Crippen LogP contribution in [-0.4, -0.2) is 12.2 Å². The second-order valence-electron chi connectivity index (χ2n) is 5.26. The van der Waals surface area contributed by atoms with Crippen LogP contribution in [0.15, 0.2) is 54.6 Å². The molecule has 0 aromatic heterocycles. The van der Waals surface area contributed by atoms with E-state index in [1.807, 2.05) is 54.6 Å². The first-order valence-electron chi connectivity index (χ1n) is 6.83. The highest BCUT2D eigenvalue weighted by Gasteiger charge is 2.35. The Labute approximate surface area is 118 Å². The zero-order chi connectivity index (χ0) is 14.1. The number of carbonyl (C=O) groups is 1. The molecule has 0 bridgehead atoms. The van der Waals surface area contributed by atoms with E-state index in [0.29, 0.717) is 5.56 Å². The Balaban J connectivity index is 2.16. The summed E-state index contributed by atoms with van der Waals surface area (Å²) in [5.74, 6) is -0.0426. The lowest BCUT2D eigenvalue weighted by atomic mass is 10.0. The molecule has 0 saturated heterocycles. The Kier molecular flexibility index (Phi) is 3.18. The topological polar surface area (TPSA) is 29.5 Å². The number of fused-ring (bicyclic) bond motifs is 1. The smallest absolute Gasteiger partial charge is 0.342 e. The summed E-state index contributed by atoms with van der Waals surface area (Å²) in [4.78, 5) is 14.2. The van der Waals surface area contributed by atoms with Crippen molar-refractivity contribution in [3.05, 3.63) is 60.2 Å². The van der Waals surface area contributed by atoms with E-state index in [1.165, 1.54) is 0 Å². The van der Waals surface area contributed by atoms with Gasteiger partial charge in [0.05, 0.1) is 11.3 Å². The predicted molar refractivity (Wildman–Crippen MR) is 79.1 cm³/mol. The maximum Gasteiger partial charge on any atom is 0.342 e. The van der Waals surface area contributed by atoms with Crippen LogP contribution in [0.1, 0.15) is 24.2 Å². The maximum atomic E-state index is 12.1. The van der Waals surface area contributed by atoms with E-state index >= 15 is 0 Å². The minimum absolute atomic E-state index is 0.201. The molecule has 0 fully saturated rings. The average molecular weight is 267 g/mol. The summed E-state index contributed by atoms with van der Waals surface area (Å²) < 4.78 is 5.63. The van der Waals surface area contributed by atoms with Crippen molar-refractivity contribution in [3.63, 3.8) is 0 Å². The largest absolute Gasteiger partial charge is 0.437 e. The molecule has 0 aliphatic carbocycles. The maximum absolute atomic E-state index is 12.1. The molecule has 2 aromatic rings. The van der Waals surface area contributed by atoms with Crippen molar-refractivity contribution in [1.29, 1.82) is 0 Å². The number of nitrogens with zero attached hydrogens (tertiary/aromatic N) is 1. The van der Waals surface area contributed by atoms with Gasteiger partial charge in [0.1, 0.15) is 0 Å². The number of hydrogen-bond donors (Lipinski definition) is 0. The van der Waals surface area contributed by atoms with Gasteiger partial charge in [-0.15, -0.1) is 0 Å². The van der Waals surface area contributed by atoms with Gasteiger partial charge in [-0.05, 0) is 24.3 Å². The SMILES string of the molecule is CC(C)[C@H]1OC(=O)c2ccccc2N1c1ccccc1. The van der Waals surface area contributed by atoms with Gasteiger partial charge in [-0.1, -0.05) is 44.2 Å². The molecule has 0 radical (unpaired) electrons. The summed E-state index contributed by atoms with van der Waals surface area (Å²) in [6.07, 6.45) is -0.278. The number of rotatable bonds is 2. The van der Waals surface area contributed by atoms with Crippen LogP contribution in [0.25, 0.3) is 0 Å². The zero-order valence-electron chi connectivity index (χ0n) is 11.6. The highest BCUT2D eigenvalue weighted by atomic mass is 16.6. The molecule has 0 unspecified atom stereocenters. The molecule has 102 valence electrons. The lowest BCUT2D eigenvalue weighted by Gasteiger charge is -2.39. The standard InChI is InChI=1S/C17H17NO2/c1-12(2)16-18(13-8-4-3-5-9-13)15-11-7-6-10-14(15)17(19)20-16/h3-12,16H,1-2H3/t16-/m1/s1. The Morgan fingerprint density at radius 2 is 1.65 bits per heavy atom. The molecule has 1 aliphatic rings. The van der Waals surface area contributed by atoms with Gasteiger partial charge >= 0.3 is 5.97 Å². The number of benzene rings is 2. The average Bonchev–Trinajstić information content (AvgIpc) is 2.48. The summed E-state index contributed by atoms with van der Waals surface area (Å²) in [5, 5.41) is 0.